The lowest BCUT2D eigenvalue weighted by Crippen LogP contribution is -2.29. The molecular weight excluding hydrogens is 638 g/mol. The molecule has 1 atom stereocenters. The number of esters is 1. The van der Waals surface area contributed by atoms with E-state index in [9.17, 15) is 14.4 Å². The molecule has 2 N–H and O–H groups in total. The SMILES string of the molecule is C#CCNc1ccc(C(=O)c2ccc(CNC)cc2)cc1.CCCCN(CCCCOc1ccc(C=O)cc1)CCC(C)CC(=O)OC(C)(C)C. The monoisotopic (exact) mass is 697 g/mol. The second kappa shape index (κ2) is 23.9. The van der Waals surface area contributed by atoms with Crippen molar-refractivity contribution in [2.75, 3.05) is 45.2 Å². The Kier molecular flexibility index (Phi) is 20.0. The van der Waals surface area contributed by atoms with Gasteiger partial charge in [-0.05, 0) is 133 Å². The molecule has 0 radical (unpaired) electrons. The summed E-state index contributed by atoms with van der Waals surface area (Å²) in [6, 6.07) is 22.2. The highest BCUT2D eigenvalue weighted by Crippen LogP contribution is 2.17. The summed E-state index contributed by atoms with van der Waals surface area (Å²) in [4.78, 5) is 37.6. The van der Waals surface area contributed by atoms with Gasteiger partial charge in [-0.2, -0.15) is 0 Å². The van der Waals surface area contributed by atoms with Crippen LogP contribution in [0.1, 0.15) is 105 Å². The van der Waals surface area contributed by atoms with Crippen molar-refractivity contribution in [3.63, 3.8) is 0 Å². The number of hydrogen-bond acceptors (Lipinski definition) is 8. The van der Waals surface area contributed by atoms with Gasteiger partial charge in [0.15, 0.2) is 5.78 Å². The van der Waals surface area contributed by atoms with E-state index in [-0.39, 0.29) is 11.8 Å². The number of terminal acetylenes is 1. The molecule has 8 heteroatoms. The first-order valence-corrected chi connectivity index (χ1v) is 18.2. The van der Waals surface area contributed by atoms with E-state index in [4.69, 9.17) is 15.9 Å². The van der Waals surface area contributed by atoms with E-state index in [0.717, 1.165) is 68.7 Å². The number of carbonyl (C=O) groups excluding carboxylic acids is 3. The molecule has 0 bridgehead atoms. The Morgan fingerprint density at radius 1 is 0.902 bits per heavy atom. The molecule has 0 aliphatic carbocycles. The van der Waals surface area contributed by atoms with Crippen LogP contribution in [-0.4, -0.2) is 68.4 Å². The molecule has 0 heterocycles. The zero-order chi connectivity index (χ0) is 37.5. The predicted octanol–water partition coefficient (Wildman–Crippen LogP) is 8.20. The van der Waals surface area contributed by atoms with Crippen molar-refractivity contribution in [3.05, 3.63) is 95.1 Å². The summed E-state index contributed by atoms with van der Waals surface area (Å²) < 4.78 is 11.2. The Morgan fingerprint density at radius 3 is 2.10 bits per heavy atom. The molecule has 3 aromatic rings. The minimum atomic E-state index is -0.414. The third kappa shape index (κ3) is 18.4. The van der Waals surface area contributed by atoms with Crippen LogP contribution in [0.25, 0.3) is 0 Å². The number of unbranched alkanes of at least 4 members (excludes halogenated alkanes) is 2. The molecular formula is C43H59N3O5. The lowest BCUT2D eigenvalue weighted by molar-refractivity contribution is -0.155. The van der Waals surface area contributed by atoms with Gasteiger partial charge in [0.25, 0.3) is 0 Å². The Labute approximate surface area is 306 Å². The fourth-order valence-electron chi connectivity index (χ4n) is 5.20. The maximum atomic E-state index is 12.4. The minimum Gasteiger partial charge on any atom is -0.494 e. The average Bonchev–Trinajstić information content (AvgIpc) is 3.11. The number of carbonyl (C=O) groups is 3. The maximum Gasteiger partial charge on any atom is 0.306 e. The predicted molar refractivity (Wildman–Crippen MR) is 209 cm³/mol. The Morgan fingerprint density at radius 2 is 1.53 bits per heavy atom. The molecule has 8 nitrogen and oxygen atoms in total. The van der Waals surface area contributed by atoms with Gasteiger partial charge in [-0.25, -0.2) is 0 Å². The van der Waals surface area contributed by atoms with Gasteiger partial charge in [0.1, 0.15) is 17.6 Å². The molecule has 3 aromatic carbocycles. The van der Waals surface area contributed by atoms with E-state index >= 15 is 0 Å². The van der Waals surface area contributed by atoms with Crippen LogP contribution in [0.5, 0.6) is 5.75 Å². The van der Waals surface area contributed by atoms with Gasteiger partial charge in [0, 0.05) is 35.3 Å². The number of hydrogen-bond donors (Lipinski definition) is 2. The van der Waals surface area contributed by atoms with Crippen LogP contribution >= 0.6 is 0 Å². The van der Waals surface area contributed by atoms with Crippen molar-refractivity contribution in [3.8, 4) is 18.1 Å². The van der Waals surface area contributed by atoms with E-state index in [1.807, 2.05) is 88.5 Å². The highest BCUT2D eigenvalue weighted by Gasteiger charge is 2.19. The van der Waals surface area contributed by atoms with Crippen molar-refractivity contribution in [1.29, 1.82) is 0 Å². The van der Waals surface area contributed by atoms with E-state index in [0.29, 0.717) is 42.2 Å². The summed E-state index contributed by atoms with van der Waals surface area (Å²) in [5.41, 5.74) is 3.68. The third-order valence-corrected chi connectivity index (χ3v) is 7.99. The zero-order valence-corrected chi connectivity index (χ0v) is 31.6. The lowest BCUT2D eigenvalue weighted by atomic mass is 10.0. The van der Waals surface area contributed by atoms with Crippen molar-refractivity contribution >= 4 is 23.7 Å². The van der Waals surface area contributed by atoms with Gasteiger partial charge in [0.2, 0.25) is 0 Å². The second-order valence-electron chi connectivity index (χ2n) is 13.8. The number of nitrogens with one attached hydrogen (secondary N) is 2. The molecule has 1 unspecified atom stereocenters. The van der Waals surface area contributed by atoms with Crippen LogP contribution in [0.2, 0.25) is 0 Å². The quantitative estimate of drug-likeness (QED) is 0.0378. The van der Waals surface area contributed by atoms with Crippen molar-refractivity contribution in [1.82, 2.24) is 10.2 Å². The molecule has 0 aromatic heterocycles. The molecule has 276 valence electrons. The van der Waals surface area contributed by atoms with Gasteiger partial charge < -0.3 is 25.0 Å². The maximum absolute atomic E-state index is 12.4. The van der Waals surface area contributed by atoms with Crippen molar-refractivity contribution in [2.45, 2.75) is 85.3 Å². The van der Waals surface area contributed by atoms with Crippen LogP contribution in [0.15, 0.2) is 72.8 Å². The lowest BCUT2D eigenvalue weighted by Gasteiger charge is -2.24. The molecule has 0 aliphatic heterocycles. The molecule has 0 saturated carbocycles. The fourth-order valence-corrected chi connectivity index (χ4v) is 5.20. The van der Waals surface area contributed by atoms with E-state index in [1.54, 1.807) is 12.1 Å². The summed E-state index contributed by atoms with van der Waals surface area (Å²) in [5, 5.41) is 6.15. The Bertz CT molecular complexity index is 1470. The fraction of sp³-hybridized carbons (Fsp3) is 0.465. The first kappa shape index (κ1) is 42.7. The van der Waals surface area contributed by atoms with Gasteiger partial charge in [-0.15, -0.1) is 6.42 Å². The molecule has 0 saturated heterocycles. The number of ketones is 1. The number of benzene rings is 3. The Balaban J connectivity index is 0.000000375. The molecule has 0 spiro atoms. The highest BCUT2D eigenvalue weighted by atomic mass is 16.6. The smallest absolute Gasteiger partial charge is 0.306 e. The first-order valence-electron chi connectivity index (χ1n) is 18.2. The molecule has 0 aliphatic rings. The molecule has 0 fully saturated rings. The van der Waals surface area contributed by atoms with E-state index in [2.05, 4.69) is 35.3 Å². The number of ether oxygens (including phenoxy) is 2. The van der Waals surface area contributed by atoms with Crippen LogP contribution in [0.3, 0.4) is 0 Å². The Hall–Kier alpha value is -4.45. The summed E-state index contributed by atoms with van der Waals surface area (Å²) >= 11 is 0. The largest absolute Gasteiger partial charge is 0.494 e. The van der Waals surface area contributed by atoms with E-state index in [1.165, 1.54) is 12.8 Å². The second-order valence-corrected chi connectivity index (χ2v) is 13.8. The first-order chi connectivity index (χ1) is 24.5. The van der Waals surface area contributed by atoms with Crippen LogP contribution in [0.4, 0.5) is 5.69 Å². The van der Waals surface area contributed by atoms with Crippen LogP contribution in [-0.2, 0) is 16.1 Å². The normalized spacial score (nSPS) is 11.5. The molecule has 0 amide bonds. The van der Waals surface area contributed by atoms with Gasteiger partial charge in [0.05, 0.1) is 13.2 Å². The number of anilines is 1. The van der Waals surface area contributed by atoms with Crippen LogP contribution < -0.4 is 15.4 Å². The van der Waals surface area contributed by atoms with E-state index < -0.39 is 5.60 Å². The third-order valence-electron chi connectivity index (χ3n) is 7.99. The molecule has 51 heavy (non-hydrogen) atoms. The van der Waals surface area contributed by atoms with Gasteiger partial charge in [-0.3, -0.25) is 14.4 Å². The van der Waals surface area contributed by atoms with Crippen molar-refractivity contribution in [2.24, 2.45) is 5.92 Å². The molecule has 3 rings (SSSR count). The average molecular weight is 698 g/mol. The standard InChI is InChI=1S/C25H41NO4.C18H18N2O/c1-6-7-15-26(17-14-21(2)19-24(28)30-25(3,4)5)16-8-9-18-29-23-12-10-22(20-27)11-13-23;1-3-12-20-17-10-8-16(9-11-17)18(21)15-6-4-14(5-7-15)13-19-2/h10-13,20-21H,6-9,14-19H2,1-5H3;1,4-11,19-20H,12-13H2,2H3. The van der Waals surface area contributed by atoms with Crippen LogP contribution in [0, 0.1) is 18.3 Å². The number of aldehydes is 1. The zero-order valence-electron chi connectivity index (χ0n) is 31.6. The summed E-state index contributed by atoms with van der Waals surface area (Å²) in [6.07, 6.45) is 12.0. The minimum absolute atomic E-state index is 0.0227. The summed E-state index contributed by atoms with van der Waals surface area (Å²) in [5.74, 6) is 3.56. The highest BCUT2D eigenvalue weighted by molar-refractivity contribution is 6.09. The van der Waals surface area contributed by atoms with Gasteiger partial charge >= 0.3 is 5.97 Å². The summed E-state index contributed by atoms with van der Waals surface area (Å²) in [6.45, 7) is 15.2. The van der Waals surface area contributed by atoms with Gasteiger partial charge in [-0.1, -0.05) is 50.5 Å². The number of nitrogens with zero attached hydrogens (tertiary/aromatic N) is 1. The number of rotatable bonds is 21. The summed E-state index contributed by atoms with van der Waals surface area (Å²) in [7, 11) is 1.90. The topological polar surface area (TPSA) is 97.0 Å². The van der Waals surface area contributed by atoms with Crippen molar-refractivity contribution < 1.29 is 23.9 Å².